The van der Waals surface area contributed by atoms with Crippen molar-refractivity contribution in [2.45, 2.75) is 0 Å². The fourth-order valence-corrected chi connectivity index (χ4v) is 3.30. The lowest BCUT2D eigenvalue weighted by atomic mass is 10.1. The van der Waals surface area contributed by atoms with Gasteiger partial charge in [0.25, 0.3) is 5.65 Å². The van der Waals surface area contributed by atoms with Gasteiger partial charge in [0.2, 0.25) is 0 Å². The largest absolute Gasteiger partial charge is 0.287 e. The number of aryl methyl sites for hydroxylation is 1. The number of halogens is 1. The third kappa shape index (κ3) is 1.57. The summed E-state index contributed by atoms with van der Waals surface area (Å²) >= 11 is 2.36. The molecule has 0 atom stereocenters. The van der Waals surface area contributed by atoms with Gasteiger partial charge in [0.15, 0.2) is 0 Å². The van der Waals surface area contributed by atoms with Crippen molar-refractivity contribution in [1.82, 2.24) is 4.98 Å². The molecule has 2 heterocycles. The molecule has 0 bridgehead atoms. The summed E-state index contributed by atoms with van der Waals surface area (Å²) in [5.41, 5.74) is 3.62. The molecule has 0 radical (unpaired) electrons. The maximum absolute atomic E-state index is 3.51. The first kappa shape index (κ1) is 11.2. The number of H-pyrrole nitrogens is 1. The van der Waals surface area contributed by atoms with Crippen molar-refractivity contribution in [1.29, 1.82) is 0 Å². The van der Waals surface area contributed by atoms with Crippen molar-refractivity contribution >= 4 is 55.4 Å². The third-order valence-electron chi connectivity index (χ3n) is 3.71. The second-order valence-corrected chi connectivity index (χ2v) is 6.08. The Morgan fingerprint density at radius 1 is 1.00 bits per heavy atom. The Morgan fingerprint density at radius 3 is 2.74 bits per heavy atom. The van der Waals surface area contributed by atoms with Crippen molar-refractivity contribution < 1.29 is 4.57 Å². The van der Waals surface area contributed by atoms with E-state index in [9.17, 15) is 0 Å². The Labute approximate surface area is 124 Å². The van der Waals surface area contributed by atoms with E-state index in [1.807, 2.05) is 0 Å². The van der Waals surface area contributed by atoms with E-state index < -0.39 is 0 Å². The fraction of sp³-hybridized carbons (Fsp3) is 0.0625. The zero-order valence-electron chi connectivity index (χ0n) is 10.4. The monoisotopic (exact) mass is 359 g/mol. The fourth-order valence-electron chi connectivity index (χ4n) is 2.78. The second kappa shape index (κ2) is 3.93. The van der Waals surface area contributed by atoms with Crippen molar-refractivity contribution in [3.05, 3.63) is 52.1 Å². The van der Waals surface area contributed by atoms with Gasteiger partial charge in [-0.25, -0.2) is 9.55 Å². The minimum atomic E-state index is 1.18. The Kier molecular flexibility index (Phi) is 2.33. The van der Waals surface area contributed by atoms with Crippen LogP contribution in [0.2, 0.25) is 0 Å². The van der Waals surface area contributed by atoms with Gasteiger partial charge < -0.3 is 0 Å². The number of rotatable bonds is 0. The number of aromatic nitrogens is 2. The lowest BCUT2D eigenvalue weighted by Crippen LogP contribution is -2.30. The van der Waals surface area contributed by atoms with Crippen LogP contribution in [0.1, 0.15) is 0 Å². The van der Waals surface area contributed by atoms with Crippen LogP contribution in [0.25, 0.3) is 32.8 Å². The van der Waals surface area contributed by atoms with Crippen molar-refractivity contribution in [3.63, 3.8) is 0 Å². The number of aromatic amines is 1. The predicted molar refractivity (Wildman–Crippen MR) is 87.2 cm³/mol. The topological polar surface area (TPSA) is 19.7 Å². The number of hydrogen-bond acceptors (Lipinski definition) is 0. The van der Waals surface area contributed by atoms with Crippen LogP contribution in [-0.4, -0.2) is 4.98 Å². The highest BCUT2D eigenvalue weighted by atomic mass is 127. The normalized spacial score (nSPS) is 11.7. The lowest BCUT2D eigenvalue weighted by molar-refractivity contribution is -0.619. The van der Waals surface area contributed by atoms with Crippen LogP contribution in [0.15, 0.2) is 48.5 Å². The summed E-state index contributed by atoms with van der Waals surface area (Å²) in [7, 11) is 2.12. The molecule has 4 rings (SSSR count). The minimum absolute atomic E-state index is 1.18. The van der Waals surface area contributed by atoms with Gasteiger partial charge in [0, 0.05) is 14.3 Å². The van der Waals surface area contributed by atoms with Gasteiger partial charge in [-0.3, -0.25) is 0 Å². The summed E-state index contributed by atoms with van der Waals surface area (Å²) < 4.78 is 3.50. The molecule has 2 nitrogen and oxygen atoms in total. The molecule has 0 saturated carbocycles. The zero-order valence-corrected chi connectivity index (χ0v) is 12.6. The van der Waals surface area contributed by atoms with E-state index >= 15 is 0 Å². The van der Waals surface area contributed by atoms with Gasteiger partial charge in [-0.1, -0.05) is 12.1 Å². The average Bonchev–Trinajstić information content (AvgIpc) is 2.78. The lowest BCUT2D eigenvalue weighted by Gasteiger charge is -2.01. The van der Waals surface area contributed by atoms with Crippen molar-refractivity contribution in [3.8, 4) is 0 Å². The van der Waals surface area contributed by atoms with Crippen LogP contribution < -0.4 is 4.57 Å². The zero-order chi connectivity index (χ0) is 13.0. The first-order valence-corrected chi connectivity index (χ1v) is 7.30. The number of benzene rings is 2. The highest BCUT2D eigenvalue weighted by Crippen LogP contribution is 2.26. The molecule has 0 saturated heterocycles. The molecule has 2 aromatic carbocycles. The molecule has 0 fully saturated rings. The molecule has 4 aromatic rings. The van der Waals surface area contributed by atoms with E-state index in [0.717, 1.165) is 0 Å². The number of para-hydroxylation sites is 1. The van der Waals surface area contributed by atoms with Crippen LogP contribution in [0.5, 0.6) is 0 Å². The number of nitrogens with one attached hydrogen (secondary N) is 1. The molecule has 0 aliphatic rings. The molecule has 0 spiro atoms. The molecular weight excluding hydrogens is 347 g/mol. The molecule has 3 heteroatoms. The molecule has 1 N–H and O–H groups in total. The van der Waals surface area contributed by atoms with Crippen LogP contribution in [0, 0.1) is 3.57 Å². The maximum atomic E-state index is 3.51. The summed E-state index contributed by atoms with van der Waals surface area (Å²) in [6.45, 7) is 0. The Bertz CT molecular complexity index is 938. The molecule has 0 unspecified atom stereocenters. The highest BCUT2D eigenvalue weighted by Gasteiger charge is 2.15. The minimum Gasteiger partial charge on any atom is -0.240 e. The van der Waals surface area contributed by atoms with Crippen molar-refractivity contribution in [2.24, 2.45) is 7.05 Å². The number of fused-ring (bicyclic) bond motifs is 4. The third-order valence-corrected chi connectivity index (χ3v) is 4.38. The molecule has 19 heavy (non-hydrogen) atoms. The van der Waals surface area contributed by atoms with Crippen LogP contribution in [-0.2, 0) is 7.05 Å². The standard InChI is InChI=1S/C16H11IN2/c1-19-15-7-6-11(17)8-10(15)9-13-12-4-2-3-5-14(12)18-16(13)19/h2-9H,1H3/p+1. The van der Waals surface area contributed by atoms with Gasteiger partial charge in [-0.05, 0) is 59.0 Å². The number of hydrogen-bond donors (Lipinski definition) is 1. The van der Waals surface area contributed by atoms with E-state index in [1.165, 1.54) is 36.4 Å². The Hall–Kier alpha value is -1.62. The first-order valence-electron chi connectivity index (χ1n) is 6.23. The predicted octanol–water partition coefficient (Wildman–Crippen LogP) is 3.90. The summed E-state index contributed by atoms with van der Waals surface area (Å²) in [6, 6.07) is 17.3. The van der Waals surface area contributed by atoms with E-state index in [1.54, 1.807) is 0 Å². The Morgan fingerprint density at radius 2 is 1.84 bits per heavy atom. The van der Waals surface area contributed by atoms with E-state index in [0.29, 0.717) is 0 Å². The van der Waals surface area contributed by atoms with Crippen LogP contribution >= 0.6 is 22.6 Å². The molecule has 0 aliphatic carbocycles. The van der Waals surface area contributed by atoms with E-state index in [4.69, 9.17) is 0 Å². The van der Waals surface area contributed by atoms with Gasteiger partial charge in [-0.15, -0.1) is 0 Å². The molecule has 0 aliphatic heterocycles. The summed E-state index contributed by atoms with van der Waals surface area (Å²) in [5, 5.41) is 3.85. The van der Waals surface area contributed by atoms with E-state index in [2.05, 4.69) is 87.7 Å². The average molecular weight is 359 g/mol. The van der Waals surface area contributed by atoms with Crippen LogP contribution in [0.4, 0.5) is 0 Å². The highest BCUT2D eigenvalue weighted by molar-refractivity contribution is 14.1. The van der Waals surface area contributed by atoms with Gasteiger partial charge in [0.05, 0.1) is 12.4 Å². The maximum Gasteiger partial charge on any atom is 0.287 e. The van der Waals surface area contributed by atoms with Crippen molar-refractivity contribution in [2.75, 3.05) is 0 Å². The van der Waals surface area contributed by atoms with Gasteiger partial charge in [-0.2, -0.15) is 0 Å². The summed E-state index contributed by atoms with van der Waals surface area (Å²) in [4.78, 5) is 3.51. The number of nitrogens with zero attached hydrogens (tertiary/aromatic N) is 1. The summed E-state index contributed by atoms with van der Waals surface area (Å²) in [5.74, 6) is 0. The summed E-state index contributed by atoms with van der Waals surface area (Å²) in [6.07, 6.45) is 0. The molecule has 2 aromatic heterocycles. The second-order valence-electron chi connectivity index (χ2n) is 4.84. The molecule has 0 amide bonds. The first-order chi connectivity index (χ1) is 9.24. The smallest absolute Gasteiger partial charge is 0.240 e. The molecular formula is C16H12IN2+. The molecule has 92 valence electrons. The number of pyridine rings is 1. The quantitative estimate of drug-likeness (QED) is 0.363. The van der Waals surface area contributed by atoms with E-state index in [-0.39, 0.29) is 0 Å². The van der Waals surface area contributed by atoms with Crippen LogP contribution in [0.3, 0.4) is 0 Å². The van der Waals surface area contributed by atoms with Gasteiger partial charge >= 0.3 is 0 Å². The SMILES string of the molecule is C[n+]1c2ccc(I)cc2cc2c3ccccc3[nH]c21. The Balaban J connectivity index is 2.30. The van der Waals surface area contributed by atoms with Gasteiger partial charge in [0.1, 0.15) is 11.0 Å².